The van der Waals surface area contributed by atoms with Crippen molar-refractivity contribution in [1.29, 1.82) is 0 Å². The number of benzene rings is 9. The summed E-state index contributed by atoms with van der Waals surface area (Å²) in [6.07, 6.45) is 0. The lowest BCUT2D eigenvalue weighted by Gasteiger charge is -2.12. The predicted molar refractivity (Wildman–Crippen MR) is 232 cm³/mol. The van der Waals surface area contributed by atoms with Crippen molar-refractivity contribution in [3.8, 4) is 56.4 Å². The van der Waals surface area contributed by atoms with E-state index in [2.05, 4.69) is 146 Å². The highest BCUT2D eigenvalue weighted by Gasteiger charge is 2.18. The van der Waals surface area contributed by atoms with E-state index in [4.69, 9.17) is 19.4 Å². The largest absolute Gasteiger partial charge is 0.456 e. The van der Waals surface area contributed by atoms with E-state index in [-0.39, 0.29) is 0 Å². The maximum absolute atomic E-state index is 6.60. The molecule has 0 N–H and O–H groups in total. The molecule has 0 saturated heterocycles. The van der Waals surface area contributed by atoms with Crippen molar-refractivity contribution in [2.24, 2.45) is 0 Å². The molecule has 0 bridgehead atoms. The number of furan rings is 1. The van der Waals surface area contributed by atoms with Crippen LogP contribution in [0.2, 0.25) is 0 Å². The quantitative estimate of drug-likeness (QED) is 0.167. The Balaban J connectivity index is 1.09. The molecule has 0 unspecified atom stereocenters. The molecule has 0 saturated carbocycles. The fraction of sp³-hybridized carbons (Fsp3) is 0.0192. The van der Waals surface area contributed by atoms with Crippen molar-refractivity contribution in [3.63, 3.8) is 0 Å². The molecule has 262 valence electrons. The van der Waals surface area contributed by atoms with E-state index in [1.54, 1.807) is 0 Å². The minimum atomic E-state index is 0.608. The molecule has 0 atom stereocenters. The molecule has 9 aromatic carbocycles. The first-order valence-electron chi connectivity index (χ1n) is 18.9. The van der Waals surface area contributed by atoms with Crippen LogP contribution in [-0.4, -0.2) is 15.0 Å². The van der Waals surface area contributed by atoms with Crippen molar-refractivity contribution in [2.75, 3.05) is 0 Å². The molecular formula is C52H33N3O. The monoisotopic (exact) mass is 715 g/mol. The fourth-order valence-corrected chi connectivity index (χ4v) is 8.11. The van der Waals surface area contributed by atoms with E-state index in [0.717, 1.165) is 49.8 Å². The van der Waals surface area contributed by atoms with Gasteiger partial charge in [-0.05, 0) is 104 Å². The Bertz CT molecular complexity index is 3300. The van der Waals surface area contributed by atoms with Crippen molar-refractivity contribution in [3.05, 3.63) is 188 Å². The predicted octanol–water partition coefficient (Wildman–Crippen LogP) is 13.9. The normalized spacial score (nSPS) is 11.7. The van der Waals surface area contributed by atoms with E-state index in [0.29, 0.717) is 17.5 Å². The van der Waals surface area contributed by atoms with Crippen LogP contribution in [0.5, 0.6) is 0 Å². The molecule has 0 aliphatic rings. The van der Waals surface area contributed by atoms with Crippen molar-refractivity contribution in [1.82, 2.24) is 15.0 Å². The first-order valence-corrected chi connectivity index (χ1v) is 18.9. The lowest BCUT2D eigenvalue weighted by Crippen LogP contribution is -2.00. The number of aromatic nitrogens is 3. The van der Waals surface area contributed by atoms with Gasteiger partial charge in [-0.1, -0.05) is 145 Å². The van der Waals surface area contributed by atoms with Gasteiger partial charge in [-0.15, -0.1) is 0 Å². The highest BCUT2D eigenvalue weighted by Crippen LogP contribution is 2.42. The Kier molecular flexibility index (Phi) is 7.36. The molecule has 2 aromatic heterocycles. The Labute approximate surface area is 323 Å². The number of rotatable bonds is 5. The zero-order chi connectivity index (χ0) is 37.2. The first kappa shape index (κ1) is 32.0. The second kappa shape index (κ2) is 12.9. The lowest BCUT2D eigenvalue weighted by molar-refractivity contribution is 0.669. The highest BCUT2D eigenvalue weighted by molar-refractivity contribution is 6.28. The van der Waals surface area contributed by atoms with Crippen molar-refractivity contribution < 1.29 is 4.42 Å². The average Bonchev–Trinajstić information content (AvgIpc) is 3.63. The van der Waals surface area contributed by atoms with Crippen LogP contribution >= 0.6 is 0 Å². The fourth-order valence-electron chi connectivity index (χ4n) is 8.11. The number of hydrogen-bond donors (Lipinski definition) is 0. The smallest absolute Gasteiger partial charge is 0.164 e. The van der Waals surface area contributed by atoms with Gasteiger partial charge < -0.3 is 4.42 Å². The minimum Gasteiger partial charge on any atom is -0.456 e. The molecule has 0 spiro atoms. The van der Waals surface area contributed by atoms with Crippen LogP contribution in [0, 0.1) is 6.92 Å². The van der Waals surface area contributed by atoms with Gasteiger partial charge in [0.2, 0.25) is 0 Å². The van der Waals surface area contributed by atoms with Crippen molar-refractivity contribution >= 4 is 54.3 Å². The van der Waals surface area contributed by atoms with E-state index in [1.165, 1.54) is 49.0 Å². The third-order valence-corrected chi connectivity index (χ3v) is 11.0. The number of nitrogens with zero attached hydrogens (tertiary/aromatic N) is 3. The Morgan fingerprint density at radius 1 is 0.286 bits per heavy atom. The average molecular weight is 716 g/mol. The molecule has 56 heavy (non-hydrogen) atoms. The summed E-state index contributed by atoms with van der Waals surface area (Å²) in [6.45, 7) is 2.13. The summed E-state index contributed by atoms with van der Waals surface area (Å²) in [4.78, 5) is 15.2. The molecule has 0 radical (unpaired) electrons. The number of fused-ring (bicyclic) bond motifs is 9. The summed E-state index contributed by atoms with van der Waals surface area (Å²) in [5, 5.41) is 9.35. The van der Waals surface area contributed by atoms with E-state index in [9.17, 15) is 0 Å². The molecule has 0 amide bonds. The third kappa shape index (κ3) is 5.42. The zero-order valence-electron chi connectivity index (χ0n) is 30.6. The van der Waals surface area contributed by atoms with Crippen LogP contribution in [0.4, 0.5) is 0 Å². The van der Waals surface area contributed by atoms with Crippen LogP contribution in [0.15, 0.2) is 186 Å². The summed E-state index contributed by atoms with van der Waals surface area (Å²) < 4.78 is 6.60. The maximum Gasteiger partial charge on any atom is 0.164 e. The van der Waals surface area contributed by atoms with E-state index >= 15 is 0 Å². The van der Waals surface area contributed by atoms with E-state index < -0.39 is 0 Å². The first-order chi connectivity index (χ1) is 27.6. The topological polar surface area (TPSA) is 51.8 Å². The Morgan fingerprint density at radius 2 is 0.750 bits per heavy atom. The van der Waals surface area contributed by atoms with Gasteiger partial charge in [-0.2, -0.15) is 0 Å². The van der Waals surface area contributed by atoms with Gasteiger partial charge in [0.1, 0.15) is 11.2 Å². The molecule has 4 heteroatoms. The van der Waals surface area contributed by atoms with Gasteiger partial charge in [0, 0.05) is 27.5 Å². The summed E-state index contributed by atoms with van der Waals surface area (Å²) in [5.41, 5.74) is 10.4. The Hall–Kier alpha value is -7.43. The van der Waals surface area contributed by atoms with Crippen LogP contribution in [0.25, 0.3) is 111 Å². The second-order valence-corrected chi connectivity index (χ2v) is 14.5. The van der Waals surface area contributed by atoms with Crippen LogP contribution in [-0.2, 0) is 0 Å². The van der Waals surface area contributed by atoms with Gasteiger partial charge in [-0.25, -0.2) is 15.0 Å². The molecule has 0 fully saturated rings. The van der Waals surface area contributed by atoms with Gasteiger partial charge in [-0.3, -0.25) is 0 Å². The van der Waals surface area contributed by atoms with E-state index in [1.807, 2.05) is 42.5 Å². The highest BCUT2D eigenvalue weighted by atomic mass is 16.3. The summed E-state index contributed by atoms with van der Waals surface area (Å²) in [7, 11) is 0. The summed E-state index contributed by atoms with van der Waals surface area (Å²) >= 11 is 0. The van der Waals surface area contributed by atoms with Crippen LogP contribution in [0.3, 0.4) is 0 Å². The second-order valence-electron chi connectivity index (χ2n) is 14.5. The number of aryl methyl sites for hydroxylation is 1. The summed E-state index contributed by atoms with van der Waals surface area (Å²) in [5.74, 6) is 1.86. The molecule has 11 aromatic rings. The molecule has 0 aliphatic heterocycles. The lowest BCUT2D eigenvalue weighted by atomic mass is 9.91. The minimum absolute atomic E-state index is 0.608. The zero-order valence-corrected chi connectivity index (χ0v) is 30.6. The van der Waals surface area contributed by atoms with Gasteiger partial charge in [0.05, 0.1) is 0 Å². The Morgan fingerprint density at radius 3 is 1.48 bits per heavy atom. The van der Waals surface area contributed by atoms with Crippen LogP contribution < -0.4 is 0 Å². The SMILES string of the molecule is Cc1ccc(-c2ccc3c(c2)c2ccccc2c2cc4c(cc32)oc2ccc(-c3nc(-c5ccccc5)nc(-c5cccc(-c6ccccc6)c5)n3)cc24)cc1. The van der Waals surface area contributed by atoms with Gasteiger partial charge in [0.15, 0.2) is 17.5 Å². The molecule has 11 rings (SSSR count). The standard InChI is InChI=1S/C52H33N3O/c1-32-19-21-34(22-20-32)37-23-25-42-43(28-37)40-17-8-9-18-41(40)44-30-47-46-29-39(24-26-48(46)56-49(47)31-45(42)44)52-54-50(35-13-6-3-7-14-35)53-51(55-52)38-16-10-15-36(27-38)33-11-4-2-5-12-33/h2-31H,1H3. The number of hydrogen-bond acceptors (Lipinski definition) is 4. The van der Waals surface area contributed by atoms with Crippen molar-refractivity contribution in [2.45, 2.75) is 6.92 Å². The molecule has 2 heterocycles. The third-order valence-electron chi connectivity index (χ3n) is 11.0. The maximum atomic E-state index is 6.60. The summed E-state index contributed by atoms with van der Waals surface area (Å²) in [6, 6.07) is 64.0. The van der Waals surface area contributed by atoms with Gasteiger partial charge in [0.25, 0.3) is 0 Å². The van der Waals surface area contributed by atoms with Crippen LogP contribution in [0.1, 0.15) is 5.56 Å². The molecule has 0 aliphatic carbocycles. The van der Waals surface area contributed by atoms with Gasteiger partial charge >= 0.3 is 0 Å². The molecular weight excluding hydrogens is 683 g/mol. The molecule has 4 nitrogen and oxygen atoms in total.